The number of amides is 1. The van der Waals surface area contributed by atoms with E-state index < -0.39 is 0 Å². The molecular formula is C17H20N2O. The summed E-state index contributed by atoms with van der Waals surface area (Å²) in [6, 6.07) is 17.6. The largest absolute Gasteiger partial charge is 0.338 e. The molecule has 2 aromatic rings. The van der Waals surface area contributed by atoms with Gasteiger partial charge in [-0.3, -0.25) is 4.79 Å². The Kier molecular flexibility index (Phi) is 4.53. The highest BCUT2D eigenvalue weighted by Crippen LogP contribution is 2.24. The number of nitrogens with zero attached hydrogens (tertiary/aromatic N) is 1. The molecule has 0 aliphatic heterocycles. The van der Waals surface area contributed by atoms with E-state index in [1.54, 1.807) is 11.9 Å². The molecule has 104 valence electrons. The van der Waals surface area contributed by atoms with E-state index in [-0.39, 0.29) is 11.9 Å². The van der Waals surface area contributed by atoms with E-state index in [9.17, 15) is 4.79 Å². The van der Waals surface area contributed by atoms with Gasteiger partial charge in [-0.15, -0.1) is 0 Å². The Morgan fingerprint density at radius 2 is 1.70 bits per heavy atom. The van der Waals surface area contributed by atoms with Gasteiger partial charge < -0.3 is 10.6 Å². The summed E-state index contributed by atoms with van der Waals surface area (Å²) in [6.45, 7) is 2.40. The number of benzene rings is 2. The molecule has 0 saturated carbocycles. The highest BCUT2D eigenvalue weighted by atomic mass is 16.2. The van der Waals surface area contributed by atoms with Crippen LogP contribution in [0.4, 0.5) is 0 Å². The molecule has 0 fully saturated rings. The van der Waals surface area contributed by atoms with Gasteiger partial charge in [0.2, 0.25) is 0 Å². The Hall–Kier alpha value is -2.13. The highest BCUT2D eigenvalue weighted by molar-refractivity contribution is 6.00. The maximum Gasteiger partial charge on any atom is 0.254 e. The zero-order chi connectivity index (χ0) is 14.5. The normalized spacial score (nSPS) is 11.9. The second-order valence-electron chi connectivity index (χ2n) is 4.91. The Balaban J connectivity index is 2.41. The van der Waals surface area contributed by atoms with Crippen LogP contribution in [0.3, 0.4) is 0 Å². The maximum absolute atomic E-state index is 12.6. The zero-order valence-electron chi connectivity index (χ0n) is 11.9. The van der Waals surface area contributed by atoms with E-state index >= 15 is 0 Å². The molecule has 0 heterocycles. The third kappa shape index (κ3) is 2.89. The number of hydrogen-bond donors (Lipinski definition) is 1. The van der Waals surface area contributed by atoms with Crippen molar-refractivity contribution >= 4 is 5.91 Å². The molecule has 20 heavy (non-hydrogen) atoms. The van der Waals surface area contributed by atoms with Gasteiger partial charge in [-0.1, -0.05) is 48.5 Å². The summed E-state index contributed by atoms with van der Waals surface area (Å²) >= 11 is 0. The first-order chi connectivity index (χ1) is 9.65. The average molecular weight is 268 g/mol. The second kappa shape index (κ2) is 6.35. The Bertz CT molecular complexity index is 581. The van der Waals surface area contributed by atoms with E-state index in [4.69, 9.17) is 5.73 Å². The van der Waals surface area contributed by atoms with E-state index in [2.05, 4.69) is 0 Å². The Morgan fingerprint density at radius 3 is 2.35 bits per heavy atom. The molecule has 0 aliphatic carbocycles. The quantitative estimate of drug-likeness (QED) is 0.926. The third-order valence-electron chi connectivity index (χ3n) is 3.56. The lowest BCUT2D eigenvalue weighted by Gasteiger charge is -2.24. The molecule has 0 spiro atoms. The van der Waals surface area contributed by atoms with E-state index in [1.807, 2.05) is 61.5 Å². The summed E-state index contributed by atoms with van der Waals surface area (Å²) in [7, 11) is 1.79. The van der Waals surface area contributed by atoms with E-state index in [1.165, 1.54) is 0 Å². The molecule has 0 aromatic heterocycles. The van der Waals surface area contributed by atoms with Gasteiger partial charge in [-0.2, -0.15) is 0 Å². The van der Waals surface area contributed by atoms with Gasteiger partial charge in [0.05, 0.1) is 0 Å². The summed E-state index contributed by atoms with van der Waals surface area (Å²) in [5.41, 5.74) is 8.35. The fraction of sp³-hybridized carbons (Fsp3) is 0.235. The molecule has 1 amide bonds. The smallest absolute Gasteiger partial charge is 0.254 e. The van der Waals surface area contributed by atoms with Crippen LogP contribution in [0.2, 0.25) is 0 Å². The fourth-order valence-electron chi connectivity index (χ4n) is 2.09. The number of nitrogens with two attached hydrogens (primary N) is 1. The molecule has 0 unspecified atom stereocenters. The molecule has 0 saturated heterocycles. The lowest BCUT2D eigenvalue weighted by molar-refractivity contribution is 0.0749. The Morgan fingerprint density at radius 1 is 1.10 bits per heavy atom. The number of rotatable bonds is 4. The molecular weight excluding hydrogens is 248 g/mol. The predicted octanol–water partition coefficient (Wildman–Crippen LogP) is 2.77. The summed E-state index contributed by atoms with van der Waals surface area (Å²) in [4.78, 5) is 14.3. The molecule has 0 radical (unpaired) electrons. The summed E-state index contributed by atoms with van der Waals surface area (Å²) in [6.07, 6.45) is 0. The molecule has 2 rings (SSSR count). The minimum absolute atomic E-state index is 0.00223. The SMILES string of the molecule is C[C@H](CN)N(C)C(=O)c1ccccc1-c1ccccc1. The van der Waals surface area contributed by atoms with Crippen LogP contribution in [0, 0.1) is 0 Å². The first-order valence-electron chi connectivity index (χ1n) is 6.77. The van der Waals surface area contributed by atoms with Gasteiger partial charge in [-0.05, 0) is 24.1 Å². The van der Waals surface area contributed by atoms with Crippen LogP contribution < -0.4 is 5.73 Å². The van der Waals surface area contributed by atoms with Crippen molar-refractivity contribution in [3.63, 3.8) is 0 Å². The zero-order valence-corrected chi connectivity index (χ0v) is 11.9. The average Bonchev–Trinajstić information content (AvgIpc) is 2.53. The standard InChI is InChI=1S/C17H20N2O/c1-13(12-18)19(2)17(20)16-11-7-6-10-15(16)14-8-4-3-5-9-14/h3-11,13H,12,18H2,1-2H3/t13-/m1/s1. The molecule has 1 atom stereocenters. The van der Waals surface area contributed by atoms with Crippen molar-refractivity contribution in [3.05, 3.63) is 60.2 Å². The molecule has 0 bridgehead atoms. The molecule has 2 N–H and O–H groups in total. The second-order valence-corrected chi connectivity index (χ2v) is 4.91. The number of carbonyl (C=O) groups excluding carboxylic acids is 1. The topological polar surface area (TPSA) is 46.3 Å². The number of hydrogen-bond acceptors (Lipinski definition) is 2. The number of likely N-dealkylation sites (N-methyl/N-ethyl adjacent to an activating group) is 1. The van der Waals surface area contributed by atoms with Crippen LogP contribution in [-0.4, -0.2) is 30.4 Å². The van der Waals surface area contributed by atoms with Crippen molar-refractivity contribution in [2.75, 3.05) is 13.6 Å². The highest BCUT2D eigenvalue weighted by Gasteiger charge is 2.19. The van der Waals surface area contributed by atoms with Crippen LogP contribution in [0.25, 0.3) is 11.1 Å². The molecule has 3 heteroatoms. The Labute approximate surface area is 120 Å². The summed E-state index contributed by atoms with van der Waals surface area (Å²) in [5.74, 6) is 0.00223. The van der Waals surface area contributed by atoms with Crippen LogP contribution in [0.1, 0.15) is 17.3 Å². The van der Waals surface area contributed by atoms with Crippen molar-refractivity contribution < 1.29 is 4.79 Å². The minimum atomic E-state index is 0.00223. The molecule has 0 aliphatic rings. The third-order valence-corrected chi connectivity index (χ3v) is 3.56. The van der Waals surface area contributed by atoms with Crippen molar-refractivity contribution in [2.45, 2.75) is 13.0 Å². The van der Waals surface area contributed by atoms with Crippen molar-refractivity contribution in [3.8, 4) is 11.1 Å². The first kappa shape index (κ1) is 14.3. The molecule has 3 nitrogen and oxygen atoms in total. The van der Waals surface area contributed by atoms with Crippen LogP contribution >= 0.6 is 0 Å². The van der Waals surface area contributed by atoms with E-state index in [0.717, 1.165) is 11.1 Å². The summed E-state index contributed by atoms with van der Waals surface area (Å²) < 4.78 is 0. The molecule has 2 aromatic carbocycles. The van der Waals surface area contributed by atoms with Gasteiger partial charge in [0.15, 0.2) is 0 Å². The van der Waals surface area contributed by atoms with Crippen molar-refractivity contribution in [1.82, 2.24) is 4.90 Å². The fourth-order valence-corrected chi connectivity index (χ4v) is 2.09. The van der Waals surface area contributed by atoms with Gasteiger partial charge in [0, 0.05) is 25.2 Å². The van der Waals surface area contributed by atoms with Gasteiger partial charge in [-0.25, -0.2) is 0 Å². The van der Waals surface area contributed by atoms with Gasteiger partial charge in [0.1, 0.15) is 0 Å². The van der Waals surface area contributed by atoms with Gasteiger partial charge >= 0.3 is 0 Å². The first-order valence-corrected chi connectivity index (χ1v) is 6.77. The van der Waals surface area contributed by atoms with Crippen LogP contribution in [0.15, 0.2) is 54.6 Å². The van der Waals surface area contributed by atoms with Gasteiger partial charge in [0.25, 0.3) is 5.91 Å². The lowest BCUT2D eigenvalue weighted by atomic mass is 9.98. The summed E-state index contributed by atoms with van der Waals surface area (Å²) in [5, 5.41) is 0. The lowest BCUT2D eigenvalue weighted by Crippen LogP contribution is -2.39. The number of carbonyl (C=O) groups is 1. The van der Waals surface area contributed by atoms with Crippen molar-refractivity contribution in [1.29, 1.82) is 0 Å². The van der Waals surface area contributed by atoms with Crippen LogP contribution in [0.5, 0.6) is 0 Å². The van der Waals surface area contributed by atoms with Crippen molar-refractivity contribution in [2.24, 2.45) is 5.73 Å². The van der Waals surface area contributed by atoms with E-state index in [0.29, 0.717) is 12.1 Å². The van der Waals surface area contributed by atoms with Crippen LogP contribution in [-0.2, 0) is 0 Å². The monoisotopic (exact) mass is 268 g/mol. The minimum Gasteiger partial charge on any atom is -0.338 e. The predicted molar refractivity (Wildman–Crippen MR) is 82.5 cm³/mol. The maximum atomic E-state index is 12.6.